The van der Waals surface area contributed by atoms with E-state index in [9.17, 15) is 13.2 Å². The quantitative estimate of drug-likeness (QED) is 0.224. The SMILES string of the molecule is CC(C)(C)NS(=O)(=O)c1cccc(-c2cccc(/N=C(\N)Nc3ccc(C(=O)NC4CCNCC4)cc3)n2)c1. The zero-order valence-corrected chi connectivity index (χ0v) is 23.2. The predicted molar refractivity (Wildman–Crippen MR) is 154 cm³/mol. The number of rotatable bonds is 7. The van der Waals surface area contributed by atoms with E-state index in [1.54, 1.807) is 87.5 Å². The number of aromatic nitrogens is 1. The Hall–Kier alpha value is -3.80. The van der Waals surface area contributed by atoms with Crippen molar-refractivity contribution in [3.8, 4) is 11.3 Å². The van der Waals surface area contributed by atoms with Gasteiger partial charge < -0.3 is 21.7 Å². The van der Waals surface area contributed by atoms with Crippen molar-refractivity contribution in [1.29, 1.82) is 0 Å². The smallest absolute Gasteiger partial charge is 0.251 e. The zero-order valence-electron chi connectivity index (χ0n) is 22.4. The second kappa shape index (κ2) is 11.9. The summed E-state index contributed by atoms with van der Waals surface area (Å²) in [7, 11) is -3.69. The van der Waals surface area contributed by atoms with Gasteiger partial charge in [-0.2, -0.15) is 4.99 Å². The predicted octanol–water partition coefficient (Wildman–Crippen LogP) is 3.37. The fourth-order valence-corrected chi connectivity index (χ4v) is 5.63. The maximum absolute atomic E-state index is 12.8. The topological polar surface area (TPSA) is 151 Å². The molecule has 1 fully saturated rings. The van der Waals surface area contributed by atoms with Crippen LogP contribution < -0.4 is 26.4 Å². The normalized spacial score (nSPS) is 15.1. The van der Waals surface area contributed by atoms with Crippen LogP contribution in [-0.4, -0.2) is 49.9 Å². The molecule has 0 spiro atoms. The summed E-state index contributed by atoms with van der Waals surface area (Å²) in [4.78, 5) is 21.6. The van der Waals surface area contributed by atoms with Gasteiger partial charge in [-0.3, -0.25) is 4.79 Å². The number of hydrogen-bond acceptors (Lipinski definition) is 6. The van der Waals surface area contributed by atoms with Gasteiger partial charge in [0, 0.05) is 28.4 Å². The molecule has 0 bridgehead atoms. The number of nitrogens with zero attached hydrogens (tertiary/aromatic N) is 2. The third-order valence-corrected chi connectivity index (χ3v) is 7.70. The molecule has 6 N–H and O–H groups in total. The van der Waals surface area contributed by atoms with Crippen molar-refractivity contribution < 1.29 is 13.2 Å². The summed E-state index contributed by atoms with van der Waals surface area (Å²) in [6.45, 7) is 7.19. The number of hydrogen-bond donors (Lipinski definition) is 5. The average molecular weight is 550 g/mol. The second-order valence-electron chi connectivity index (χ2n) is 10.5. The summed E-state index contributed by atoms with van der Waals surface area (Å²) in [6.07, 6.45) is 1.85. The first-order chi connectivity index (χ1) is 18.5. The van der Waals surface area contributed by atoms with Crippen molar-refractivity contribution in [1.82, 2.24) is 20.3 Å². The highest BCUT2D eigenvalue weighted by Gasteiger charge is 2.22. The number of nitrogens with two attached hydrogens (primary N) is 1. The van der Waals surface area contributed by atoms with Crippen molar-refractivity contribution in [2.45, 2.75) is 50.1 Å². The summed E-state index contributed by atoms with van der Waals surface area (Å²) in [5.74, 6) is 0.385. The van der Waals surface area contributed by atoms with Gasteiger partial charge in [0.05, 0.1) is 10.6 Å². The zero-order chi connectivity index (χ0) is 28.0. The first-order valence-electron chi connectivity index (χ1n) is 12.8. The van der Waals surface area contributed by atoms with Crippen molar-refractivity contribution in [3.63, 3.8) is 0 Å². The van der Waals surface area contributed by atoms with Crippen LogP contribution in [0.3, 0.4) is 0 Å². The van der Waals surface area contributed by atoms with Crippen molar-refractivity contribution in [2.75, 3.05) is 18.4 Å². The third kappa shape index (κ3) is 8.09. The lowest BCUT2D eigenvalue weighted by Gasteiger charge is -2.23. The van der Waals surface area contributed by atoms with Crippen LogP contribution in [0.1, 0.15) is 44.0 Å². The molecule has 0 radical (unpaired) electrons. The minimum Gasteiger partial charge on any atom is -0.369 e. The molecule has 0 saturated carbocycles. The van der Waals surface area contributed by atoms with E-state index in [1.807, 2.05) is 0 Å². The molecule has 1 amide bonds. The highest BCUT2D eigenvalue weighted by Crippen LogP contribution is 2.24. The lowest BCUT2D eigenvalue weighted by atomic mass is 10.1. The summed E-state index contributed by atoms with van der Waals surface area (Å²) in [5, 5.41) is 9.37. The lowest BCUT2D eigenvalue weighted by Crippen LogP contribution is -2.42. The number of carbonyl (C=O) groups is 1. The first-order valence-corrected chi connectivity index (χ1v) is 14.3. The van der Waals surface area contributed by atoms with Gasteiger partial charge in [-0.15, -0.1) is 0 Å². The highest BCUT2D eigenvalue weighted by molar-refractivity contribution is 7.89. The van der Waals surface area contributed by atoms with E-state index in [1.165, 1.54) is 0 Å². The number of piperidine rings is 1. The summed E-state index contributed by atoms with van der Waals surface area (Å²) >= 11 is 0. The van der Waals surface area contributed by atoms with Crippen LogP contribution in [0.15, 0.2) is 76.6 Å². The number of amides is 1. The number of sulfonamides is 1. The molecule has 11 heteroatoms. The summed E-state index contributed by atoms with van der Waals surface area (Å²) in [5.41, 5.74) is 7.95. The van der Waals surface area contributed by atoms with E-state index in [0.29, 0.717) is 28.3 Å². The number of pyridine rings is 1. The standard InChI is InChI=1S/C28H35N7O3S/c1-28(2,3)35-39(37,38)23-7-4-6-20(18-23)24-8-5-9-25(33-24)34-27(29)32-21-12-10-19(11-13-21)26(36)31-22-14-16-30-17-15-22/h4-13,18,22,30,35H,14-17H2,1-3H3,(H,31,36)(H3,29,32,33,34). The van der Waals surface area contributed by atoms with Crippen LogP contribution in [0, 0.1) is 0 Å². The third-order valence-electron chi connectivity index (χ3n) is 5.94. The molecule has 1 aliphatic heterocycles. The second-order valence-corrected chi connectivity index (χ2v) is 12.1. The Labute approximate surface area is 229 Å². The largest absolute Gasteiger partial charge is 0.369 e. The number of aliphatic imine (C=N–C) groups is 1. The van der Waals surface area contributed by atoms with E-state index < -0.39 is 15.6 Å². The fraction of sp³-hybridized carbons (Fsp3) is 0.321. The van der Waals surface area contributed by atoms with Crippen LogP contribution >= 0.6 is 0 Å². The van der Waals surface area contributed by atoms with E-state index in [0.717, 1.165) is 25.9 Å². The number of guanidine groups is 1. The Morgan fingerprint density at radius 3 is 2.41 bits per heavy atom. The van der Waals surface area contributed by atoms with Crippen LogP contribution in [-0.2, 0) is 10.0 Å². The molecule has 0 atom stereocenters. The van der Waals surface area contributed by atoms with Crippen LogP contribution in [0.4, 0.5) is 11.5 Å². The Kier molecular flexibility index (Phi) is 8.63. The van der Waals surface area contributed by atoms with E-state index >= 15 is 0 Å². The van der Waals surface area contributed by atoms with Gasteiger partial charge in [0.1, 0.15) is 0 Å². The van der Waals surface area contributed by atoms with Gasteiger partial charge in [0.2, 0.25) is 10.0 Å². The monoisotopic (exact) mass is 549 g/mol. The van der Waals surface area contributed by atoms with Crippen molar-refractivity contribution in [3.05, 3.63) is 72.3 Å². The molecule has 1 aromatic heterocycles. The van der Waals surface area contributed by atoms with Crippen molar-refractivity contribution in [2.24, 2.45) is 10.7 Å². The molecule has 10 nitrogen and oxygen atoms in total. The molecule has 1 saturated heterocycles. The molecular formula is C28H35N7O3S. The van der Waals surface area contributed by atoms with E-state index in [-0.39, 0.29) is 22.8 Å². The summed E-state index contributed by atoms with van der Waals surface area (Å²) < 4.78 is 28.2. The minimum absolute atomic E-state index is 0.0952. The molecule has 0 aliphatic carbocycles. The summed E-state index contributed by atoms with van der Waals surface area (Å²) in [6, 6.07) is 19.0. The highest BCUT2D eigenvalue weighted by atomic mass is 32.2. The van der Waals surface area contributed by atoms with Gasteiger partial charge in [-0.25, -0.2) is 18.1 Å². The molecule has 2 aromatic carbocycles. The maximum atomic E-state index is 12.8. The van der Waals surface area contributed by atoms with E-state index in [4.69, 9.17) is 5.73 Å². The van der Waals surface area contributed by atoms with Crippen LogP contribution in [0.25, 0.3) is 11.3 Å². The molecule has 3 aromatic rings. The molecule has 39 heavy (non-hydrogen) atoms. The number of carbonyl (C=O) groups excluding carboxylic acids is 1. The molecule has 206 valence electrons. The molecule has 2 heterocycles. The van der Waals surface area contributed by atoms with E-state index in [2.05, 4.69) is 30.6 Å². The number of anilines is 1. The van der Waals surface area contributed by atoms with Gasteiger partial charge in [-0.1, -0.05) is 18.2 Å². The van der Waals surface area contributed by atoms with Crippen molar-refractivity contribution >= 4 is 33.4 Å². The maximum Gasteiger partial charge on any atom is 0.251 e. The van der Waals surface area contributed by atoms with Crippen LogP contribution in [0.2, 0.25) is 0 Å². The Bertz CT molecular complexity index is 1440. The molecule has 4 rings (SSSR count). The molecule has 0 unspecified atom stereocenters. The number of benzene rings is 2. The lowest BCUT2D eigenvalue weighted by molar-refractivity contribution is 0.0929. The molecule has 1 aliphatic rings. The Morgan fingerprint density at radius 1 is 1.03 bits per heavy atom. The fourth-order valence-electron chi connectivity index (χ4n) is 4.17. The molecular weight excluding hydrogens is 514 g/mol. The average Bonchev–Trinajstić information content (AvgIpc) is 2.88. The van der Waals surface area contributed by atoms with Gasteiger partial charge in [0.15, 0.2) is 11.8 Å². The van der Waals surface area contributed by atoms with Crippen LogP contribution in [0.5, 0.6) is 0 Å². The Balaban J connectivity index is 1.43. The van der Waals surface area contributed by atoms with Gasteiger partial charge in [0.25, 0.3) is 5.91 Å². The Morgan fingerprint density at radius 2 is 1.72 bits per heavy atom. The van der Waals surface area contributed by atoms with Gasteiger partial charge >= 0.3 is 0 Å². The van der Waals surface area contributed by atoms with Gasteiger partial charge in [-0.05, 0) is 95.2 Å². The first kappa shape index (κ1) is 28.2. The number of nitrogens with one attached hydrogen (secondary N) is 4. The minimum atomic E-state index is -3.69.